The van der Waals surface area contributed by atoms with E-state index in [1.54, 1.807) is 0 Å². The summed E-state index contributed by atoms with van der Waals surface area (Å²) in [4.78, 5) is 26.3. The Morgan fingerprint density at radius 2 is 2.18 bits per heavy atom. The molecule has 122 valence electrons. The minimum atomic E-state index is -2.84. The van der Waals surface area contributed by atoms with Gasteiger partial charge in [-0.3, -0.25) is 9.78 Å². The van der Waals surface area contributed by atoms with Gasteiger partial charge in [-0.05, 0) is 6.92 Å². The van der Waals surface area contributed by atoms with Gasteiger partial charge in [-0.15, -0.1) is 9.42 Å². The van der Waals surface area contributed by atoms with Gasteiger partial charge in [0.05, 0.1) is 5.56 Å². The Bertz CT molecular complexity index is 624. The standard InChI is InChI=1S/C10H15N4O7P/c1-3-7(13-10(11)14-8(3)17)12-9-6(16)5(15)4(21-9)2-20-22(18)19/h4-6,9,15-16H,2H2,1H3,(H4-,11,12,13,14,17,18,19)/p+1/t4?,5-,6-,9-/m1/s1. The highest BCUT2D eigenvalue weighted by molar-refractivity contribution is 7.32. The fraction of sp³-hybridized carbons (Fsp3) is 0.600. The topological polar surface area (TPSA) is 180 Å². The summed E-state index contributed by atoms with van der Waals surface area (Å²) in [5.41, 5.74) is 5.19. The summed E-state index contributed by atoms with van der Waals surface area (Å²) in [6, 6.07) is 0. The predicted octanol–water partition coefficient (Wildman–Crippen LogP) is -1.81. The SMILES string of the molecule is Cc1c(N[C@@H]2OC(CO[P+](=O)O)[C@@H](O)[C@H]2O)nc(N)[nH]c1=O. The molecule has 1 fully saturated rings. The zero-order valence-electron chi connectivity index (χ0n) is 11.5. The first kappa shape index (κ1) is 16.7. The number of aliphatic hydroxyl groups is 2. The van der Waals surface area contributed by atoms with Crippen molar-refractivity contribution in [3.05, 3.63) is 15.9 Å². The number of hydrogen-bond acceptors (Lipinski definition) is 9. The van der Waals surface area contributed by atoms with E-state index < -0.39 is 38.4 Å². The van der Waals surface area contributed by atoms with Gasteiger partial charge in [0.25, 0.3) is 5.56 Å². The number of nitrogen functional groups attached to an aromatic ring is 1. The van der Waals surface area contributed by atoms with E-state index in [0.717, 1.165) is 0 Å². The number of nitrogens with zero attached hydrogens (tertiary/aromatic N) is 1. The van der Waals surface area contributed by atoms with Crippen LogP contribution in [0.3, 0.4) is 0 Å². The lowest BCUT2D eigenvalue weighted by Crippen LogP contribution is -2.37. The molecular formula is C10H16N4O7P+. The number of H-pyrrole nitrogens is 1. The van der Waals surface area contributed by atoms with Gasteiger partial charge in [-0.2, -0.15) is 4.98 Å². The minimum absolute atomic E-state index is 0.0901. The highest BCUT2D eigenvalue weighted by Gasteiger charge is 2.44. The van der Waals surface area contributed by atoms with E-state index in [1.807, 2.05) is 0 Å². The molecule has 5 atom stereocenters. The molecule has 2 unspecified atom stereocenters. The number of anilines is 2. The van der Waals surface area contributed by atoms with E-state index in [4.69, 9.17) is 15.4 Å². The van der Waals surface area contributed by atoms with Crippen LogP contribution in [0.1, 0.15) is 5.56 Å². The maximum Gasteiger partial charge on any atom is 0.694 e. The summed E-state index contributed by atoms with van der Waals surface area (Å²) < 4.78 is 20.2. The molecule has 0 amide bonds. The third-order valence-corrected chi connectivity index (χ3v) is 3.53. The predicted molar refractivity (Wildman–Crippen MR) is 74.1 cm³/mol. The van der Waals surface area contributed by atoms with E-state index in [9.17, 15) is 19.6 Å². The molecule has 22 heavy (non-hydrogen) atoms. The number of nitrogens with one attached hydrogen (secondary N) is 2. The molecule has 1 aliphatic rings. The highest BCUT2D eigenvalue weighted by atomic mass is 31.1. The van der Waals surface area contributed by atoms with Crippen LogP contribution in [0.25, 0.3) is 0 Å². The van der Waals surface area contributed by atoms with Gasteiger partial charge in [-0.1, -0.05) is 0 Å². The second kappa shape index (κ2) is 6.65. The zero-order valence-corrected chi connectivity index (χ0v) is 12.4. The Kier molecular flexibility index (Phi) is 5.06. The van der Waals surface area contributed by atoms with Crippen molar-refractivity contribution >= 4 is 20.0 Å². The first-order chi connectivity index (χ1) is 10.3. The summed E-state index contributed by atoms with van der Waals surface area (Å²) in [5, 5.41) is 22.4. The van der Waals surface area contributed by atoms with Gasteiger partial charge >= 0.3 is 8.25 Å². The number of rotatable bonds is 5. The highest BCUT2D eigenvalue weighted by Crippen LogP contribution is 2.26. The number of hydrogen-bond donors (Lipinski definition) is 6. The summed E-state index contributed by atoms with van der Waals surface area (Å²) in [6.45, 7) is 1.11. The van der Waals surface area contributed by atoms with E-state index in [-0.39, 0.29) is 23.9 Å². The number of aliphatic hydroxyl groups excluding tert-OH is 2. The van der Waals surface area contributed by atoms with Crippen LogP contribution in [0.2, 0.25) is 0 Å². The zero-order chi connectivity index (χ0) is 16.4. The van der Waals surface area contributed by atoms with E-state index in [1.165, 1.54) is 6.92 Å². The third kappa shape index (κ3) is 3.58. The minimum Gasteiger partial charge on any atom is -0.387 e. The van der Waals surface area contributed by atoms with Crippen molar-refractivity contribution in [2.45, 2.75) is 31.5 Å². The van der Waals surface area contributed by atoms with Gasteiger partial charge in [0.1, 0.15) is 30.7 Å². The second-order valence-electron chi connectivity index (χ2n) is 4.68. The average molecular weight is 335 g/mol. The fourth-order valence-electron chi connectivity index (χ4n) is 1.97. The van der Waals surface area contributed by atoms with Crippen LogP contribution in [0, 0.1) is 6.92 Å². The monoisotopic (exact) mass is 335 g/mol. The van der Waals surface area contributed by atoms with E-state index >= 15 is 0 Å². The summed E-state index contributed by atoms with van der Waals surface area (Å²) in [7, 11) is -2.84. The summed E-state index contributed by atoms with van der Waals surface area (Å²) in [5.74, 6) is -0.0319. The lowest BCUT2D eigenvalue weighted by Gasteiger charge is -2.18. The Morgan fingerprint density at radius 3 is 2.82 bits per heavy atom. The van der Waals surface area contributed by atoms with Gasteiger partial charge in [0, 0.05) is 4.57 Å². The van der Waals surface area contributed by atoms with Crippen LogP contribution in [-0.4, -0.2) is 56.2 Å². The molecule has 1 saturated heterocycles. The first-order valence-corrected chi connectivity index (χ1v) is 7.36. The lowest BCUT2D eigenvalue weighted by molar-refractivity contribution is -0.00957. The molecule has 2 heterocycles. The molecule has 0 aromatic carbocycles. The smallest absolute Gasteiger partial charge is 0.387 e. The second-order valence-corrected chi connectivity index (χ2v) is 5.41. The van der Waals surface area contributed by atoms with Crippen molar-refractivity contribution in [2.75, 3.05) is 17.7 Å². The molecular weight excluding hydrogens is 319 g/mol. The molecule has 7 N–H and O–H groups in total. The number of ether oxygens (including phenoxy) is 1. The molecule has 1 aromatic rings. The van der Waals surface area contributed by atoms with Crippen LogP contribution in [-0.2, 0) is 13.8 Å². The normalized spacial score (nSPS) is 28.6. The molecule has 2 rings (SSSR count). The van der Waals surface area contributed by atoms with Crippen molar-refractivity contribution in [2.24, 2.45) is 0 Å². The Balaban J connectivity index is 2.10. The maximum atomic E-state index is 11.6. The van der Waals surface area contributed by atoms with Crippen LogP contribution in [0.4, 0.5) is 11.8 Å². The van der Waals surface area contributed by atoms with Crippen molar-refractivity contribution in [1.82, 2.24) is 9.97 Å². The van der Waals surface area contributed by atoms with Crippen LogP contribution < -0.4 is 16.6 Å². The van der Waals surface area contributed by atoms with Gasteiger partial charge < -0.3 is 26.0 Å². The first-order valence-electron chi connectivity index (χ1n) is 6.23. The number of aromatic amines is 1. The van der Waals surface area contributed by atoms with E-state index in [2.05, 4.69) is 19.8 Å². The largest absolute Gasteiger partial charge is 0.694 e. The molecule has 11 nitrogen and oxygen atoms in total. The fourth-order valence-corrected chi connectivity index (χ4v) is 2.24. The molecule has 0 spiro atoms. The average Bonchev–Trinajstić information content (AvgIpc) is 2.70. The number of aromatic nitrogens is 2. The van der Waals surface area contributed by atoms with Crippen molar-refractivity contribution in [3.63, 3.8) is 0 Å². The molecule has 12 heteroatoms. The van der Waals surface area contributed by atoms with Gasteiger partial charge in [0.2, 0.25) is 5.95 Å². The molecule has 0 aliphatic carbocycles. The molecule has 1 aromatic heterocycles. The molecule has 0 saturated carbocycles. The third-order valence-electron chi connectivity index (χ3n) is 3.16. The van der Waals surface area contributed by atoms with E-state index in [0.29, 0.717) is 0 Å². The van der Waals surface area contributed by atoms with Crippen LogP contribution in [0.15, 0.2) is 4.79 Å². The Hall–Kier alpha value is -1.62. The van der Waals surface area contributed by atoms with Crippen LogP contribution >= 0.6 is 8.25 Å². The van der Waals surface area contributed by atoms with Crippen molar-refractivity contribution in [1.29, 1.82) is 0 Å². The molecule has 1 aliphatic heterocycles. The molecule has 0 bridgehead atoms. The van der Waals surface area contributed by atoms with Crippen molar-refractivity contribution in [3.8, 4) is 0 Å². The number of nitrogens with two attached hydrogens (primary N) is 1. The Morgan fingerprint density at radius 1 is 1.50 bits per heavy atom. The quantitative estimate of drug-likeness (QED) is 0.335. The van der Waals surface area contributed by atoms with Crippen molar-refractivity contribution < 1.29 is 28.9 Å². The summed E-state index contributed by atoms with van der Waals surface area (Å²) in [6.07, 6.45) is -4.80. The van der Waals surface area contributed by atoms with Gasteiger partial charge in [-0.25, -0.2) is 0 Å². The maximum absolute atomic E-state index is 11.6. The lowest BCUT2D eigenvalue weighted by atomic mass is 10.1. The van der Waals surface area contributed by atoms with Crippen LogP contribution in [0.5, 0.6) is 0 Å². The van der Waals surface area contributed by atoms with Gasteiger partial charge in [0.15, 0.2) is 6.23 Å². The molecule has 0 radical (unpaired) electrons. The summed E-state index contributed by atoms with van der Waals surface area (Å²) >= 11 is 0. The Labute approximate surface area is 125 Å².